The lowest BCUT2D eigenvalue weighted by Crippen LogP contribution is -2.50. The number of hydrogen-bond donors (Lipinski definition) is 1. The highest BCUT2D eigenvalue weighted by Crippen LogP contribution is 2.16. The van der Waals surface area contributed by atoms with Gasteiger partial charge < -0.3 is 14.8 Å². The number of nitrogens with zero attached hydrogens (tertiary/aromatic N) is 2. The van der Waals surface area contributed by atoms with Gasteiger partial charge in [0.05, 0.1) is 18.7 Å². The van der Waals surface area contributed by atoms with Crippen molar-refractivity contribution in [2.24, 2.45) is 0 Å². The maximum atomic E-state index is 12.5. The molecule has 1 aliphatic rings. The van der Waals surface area contributed by atoms with Crippen LogP contribution >= 0.6 is 0 Å². The van der Waals surface area contributed by atoms with Crippen molar-refractivity contribution in [3.63, 3.8) is 0 Å². The van der Waals surface area contributed by atoms with Gasteiger partial charge in [0.25, 0.3) is 5.91 Å². The Balaban J connectivity index is 1.52. The average Bonchev–Trinajstić information content (AvgIpc) is 2.83. The minimum atomic E-state index is -0.468. The molecule has 1 aliphatic heterocycles. The van der Waals surface area contributed by atoms with Crippen LogP contribution in [-0.2, 0) is 16.1 Å². The standard InChI is InChI=1S/C24H27N3O4/c1-30-24(29)22(27-13-3-2-4-14-27)16-26-23(28)20-9-11-21(12-10-20)31-17-19-7-5-18(15-25)6-8-19/h5-12,22H,2-4,13-14,16-17H2,1H3,(H,26,28). The van der Waals surface area contributed by atoms with Crippen LogP contribution in [0.3, 0.4) is 0 Å². The number of hydrogen-bond acceptors (Lipinski definition) is 6. The van der Waals surface area contributed by atoms with Crippen molar-refractivity contribution in [3.8, 4) is 11.8 Å². The highest BCUT2D eigenvalue weighted by Gasteiger charge is 2.28. The van der Waals surface area contributed by atoms with Gasteiger partial charge in [-0.1, -0.05) is 18.6 Å². The van der Waals surface area contributed by atoms with Gasteiger partial charge in [0.15, 0.2) is 0 Å². The maximum Gasteiger partial charge on any atom is 0.324 e. The van der Waals surface area contributed by atoms with Crippen LogP contribution < -0.4 is 10.1 Å². The van der Waals surface area contributed by atoms with Gasteiger partial charge in [0.2, 0.25) is 0 Å². The van der Waals surface area contributed by atoms with Gasteiger partial charge in [0, 0.05) is 12.1 Å². The molecule has 7 heteroatoms. The van der Waals surface area contributed by atoms with E-state index < -0.39 is 6.04 Å². The molecule has 1 saturated heterocycles. The molecule has 1 heterocycles. The number of benzene rings is 2. The second kappa shape index (κ2) is 11.1. The van der Waals surface area contributed by atoms with Crippen molar-refractivity contribution in [1.29, 1.82) is 5.26 Å². The molecule has 1 atom stereocenters. The van der Waals surface area contributed by atoms with Gasteiger partial charge in [0.1, 0.15) is 18.4 Å². The van der Waals surface area contributed by atoms with E-state index in [1.54, 1.807) is 36.4 Å². The third-order valence-corrected chi connectivity index (χ3v) is 5.37. The predicted molar refractivity (Wildman–Crippen MR) is 115 cm³/mol. The van der Waals surface area contributed by atoms with Crippen LogP contribution in [0.2, 0.25) is 0 Å². The van der Waals surface area contributed by atoms with E-state index in [9.17, 15) is 9.59 Å². The summed E-state index contributed by atoms with van der Waals surface area (Å²) in [6.07, 6.45) is 3.26. The normalized spacial score (nSPS) is 14.8. The fraction of sp³-hybridized carbons (Fsp3) is 0.375. The molecule has 162 valence electrons. The van der Waals surface area contributed by atoms with E-state index in [0.29, 0.717) is 23.5 Å². The third-order valence-electron chi connectivity index (χ3n) is 5.37. The van der Waals surface area contributed by atoms with Crippen LogP contribution in [-0.4, -0.2) is 49.6 Å². The Kier molecular flexibility index (Phi) is 8.02. The Morgan fingerprint density at radius 1 is 1.06 bits per heavy atom. The lowest BCUT2D eigenvalue weighted by atomic mass is 10.1. The topological polar surface area (TPSA) is 91.7 Å². The molecule has 0 aliphatic carbocycles. The van der Waals surface area contributed by atoms with E-state index >= 15 is 0 Å². The second-order valence-electron chi connectivity index (χ2n) is 7.47. The Morgan fingerprint density at radius 2 is 1.74 bits per heavy atom. The Labute approximate surface area is 182 Å². The first kappa shape index (κ1) is 22.3. The smallest absolute Gasteiger partial charge is 0.324 e. The van der Waals surface area contributed by atoms with Gasteiger partial charge in [-0.2, -0.15) is 5.26 Å². The molecule has 0 aromatic heterocycles. The number of likely N-dealkylation sites (tertiary alicyclic amines) is 1. The molecule has 1 amide bonds. The number of amides is 1. The Hall–Kier alpha value is -3.37. The highest BCUT2D eigenvalue weighted by molar-refractivity contribution is 5.94. The summed E-state index contributed by atoms with van der Waals surface area (Å²) >= 11 is 0. The van der Waals surface area contributed by atoms with E-state index in [2.05, 4.69) is 16.3 Å². The molecule has 2 aromatic carbocycles. The van der Waals surface area contributed by atoms with Crippen molar-refractivity contribution >= 4 is 11.9 Å². The Bertz CT molecular complexity index is 913. The van der Waals surface area contributed by atoms with Crippen molar-refractivity contribution in [2.45, 2.75) is 31.9 Å². The van der Waals surface area contributed by atoms with Crippen molar-refractivity contribution in [2.75, 3.05) is 26.7 Å². The van der Waals surface area contributed by atoms with E-state index in [4.69, 9.17) is 14.7 Å². The summed E-state index contributed by atoms with van der Waals surface area (Å²) in [7, 11) is 1.37. The van der Waals surface area contributed by atoms with E-state index in [1.165, 1.54) is 7.11 Å². The molecule has 3 rings (SSSR count). The summed E-state index contributed by atoms with van der Waals surface area (Å²) in [6, 6.07) is 15.7. The number of esters is 1. The van der Waals surface area contributed by atoms with Crippen molar-refractivity contribution in [3.05, 3.63) is 65.2 Å². The molecule has 1 unspecified atom stereocenters. The quantitative estimate of drug-likeness (QED) is 0.659. The average molecular weight is 421 g/mol. The summed E-state index contributed by atoms with van der Waals surface area (Å²) in [5, 5.41) is 11.7. The fourth-order valence-electron chi connectivity index (χ4n) is 3.56. The first-order valence-corrected chi connectivity index (χ1v) is 10.4. The summed E-state index contributed by atoms with van der Waals surface area (Å²) < 4.78 is 10.7. The second-order valence-corrected chi connectivity index (χ2v) is 7.47. The van der Waals surface area contributed by atoms with Crippen LogP contribution in [0.5, 0.6) is 5.75 Å². The molecular weight excluding hydrogens is 394 g/mol. The number of methoxy groups -OCH3 is 1. The molecule has 2 aromatic rings. The largest absolute Gasteiger partial charge is 0.489 e. The van der Waals surface area contributed by atoms with Crippen LogP contribution in [0.15, 0.2) is 48.5 Å². The van der Waals surface area contributed by atoms with Gasteiger partial charge in [-0.3, -0.25) is 14.5 Å². The number of carbonyl (C=O) groups is 2. The lowest BCUT2D eigenvalue weighted by Gasteiger charge is -2.32. The minimum absolute atomic E-state index is 0.211. The third kappa shape index (κ3) is 6.30. The highest BCUT2D eigenvalue weighted by atomic mass is 16.5. The molecule has 0 saturated carbocycles. The first-order chi connectivity index (χ1) is 15.1. The van der Waals surface area contributed by atoms with E-state index in [-0.39, 0.29) is 18.4 Å². The molecule has 7 nitrogen and oxygen atoms in total. The summed E-state index contributed by atoms with van der Waals surface area (Å²) in [6.45, 7) is 2.25. The minimum Gasteiger partial charge on any atom is -0.489 e. The SMILES string of the molecule is COC(=O)C(CNC(=O)c1ccc(OCc2ccc(C#N)cc2)cc1)N1CCCCC1. The number of nitriles is 1. The van der Waals surface area contributed by atoms with Crippen LogP contribution in [0.1, 0.15) is 40.7 Å². The van der Waals surface area contributed by atoms with Crippen LogP contribution in [0.25, 0.3) is 0 Å². The van der Waals surface area contributed by atoms with Crippen LogP contribution in [0.4, 0.5) is 0 Å². The predicted octanol–water partition coefficient (Wildman–Crippen LogP) is 2.89. The molecule has 1 N–H and O–H groups in total. The Morgan fingerprint density at radius 3 is 2.35 bits per heavy atom. The fourth-order valence-corrected chi connectivity index (χ4v) is 3.56. The van der Waals surface area contributed by atoms with E-state index in [0.717, 1.165) is 37.9 Å². The number of piperidine rings is 1. The molecule has 0 spiro atoms. The van der Waals surface area contributed by atoms with Gasteiger partial charge in [-0.15, -0.1) is 0 Å². The zero-order valence-corrected chi connectivity index (χ0v) is 17.7. The molecular formula is C24H27N3O4. The first-order valence-electron chi connectivity index (χ1n) is 10.4. The van der Waals surface area contributed by atoms with Crippen LogP contribution in [0, 0.1) is 11.3 Å². The summed E-state index contributed by atoms with van der Waals surface area (Å²) in [4.78, 5) is 26.8. The molecule has 0 bridgehead atoms. The summed E-state index contributed by atoms with van der Waals surface area (Å²) in [5.41, 5.74) is 2.05. The van der Waals surface area contributed by atoms with Gasteiger partial charge >= 0.3 is 5.97 Å². The van der Waals surface area contributed by atoms with Crippen molar-refractivity contribution < 1.29 is 19.1 Å². The number of ether oxygens (including phenoxy) is 2. The summed E-state index contributed by atoms with van der Waals surface area (Å²) in [5.74, 6) is 0.0694. The molecule has 1 fully saturated rings. The van der Waals surface area contributed by atoms with Gasteiger partial charge in [-0.05, 0) is 67.9 Å². The van der Waals surface area contributed by atoms with E-state index in [1.807, 2.05) is 12.1 Å². The zero-order valence-electron chi connectivity index (χ0n) is 17.7. The number of carbonyl (C=O) groups excluding carboxylic acids is 2. The van der Waals surface area contributed by atoms with Crippen molar-refractivity contribution in [1.82, 2.24) is 10.2 Å². The monoisotopic (exact) mass is 421 g/mol. The molecule has 31 heavy (non-hydrogen) atoms. The zero-order chi connectivity index (χ0) is 22.1. The lowest BCUT2D eigenvalue weighted by molar-refractivity contribution is -0.147. The maximum absolute atomic E-state index is 12.5. The number of nitrogens with one attached hydrogen (secondary N) is 1. The molecule has 0 radical (unpaired) electrons. The van der Waals surface area contributed by atoms with Gasteiger partial charge in [-0.25, -0.2) is 0 Å². The number of rotatable bonds is 8.